The van der Waals surface area contributed by atoms with Crippen LogP contribution in [0.15, 0.2) is 41.6 Å². The van der Waals surface area contributed by atoms with Gasteiger partial charge < -0.3 is 5.32 Å². The van der Waals surface area contributed by atoms with Crippen molar-refractivity contribution < 1.29 is 8.42 Å². The van der Waals surface area contributed by atoms with Crippen molar-refractivity contribution >= 4 is 33.2 Å². The molecule has 1 atom stereocenters. The van der Waals surface area contributed by atoms with E-state index in [1.165, 1.54) is 0 Å². The van der Waals surface area contributed by atoms with Crippen LogP contribution in [0.25, 0.3) is 10.8 Å². The Morgan fingerprint density at radius 1 is 1.32 bits per heavy atom. The quantitative estimate of drug-likeness (QED) is 0.928. The minimum atomic E-state index is -3.47. The van der Waals surface area contributed by atoms with Gasteiger partial charge in [0.25, 0.3) is 0 Å². The third-order valence-corrected chi connectivity index (χ3v) is 5.97. The molecule has 0 bridgehead atoms. The van der Waals surface area contributed by atoms with Crippen LogP contribution in [0.3, 0.4) is 0 Å². The molecule has 3 rings (SSSR count). The van der Waals surface area contributed by atoms with Crippen LogP contribution in [0.4, 0.5) is 0 Å². The molecule has 120 valence electrons. The molecular weight excluding hydrogens is 322 g/mol. The second-order valence-electron chi connectivity index (χ2n) is 5.34. The van der Waals surface area contributed by atoms with Crippen molar-refractivity contribution in [1.29, 1.82) is 0 Å². The van der Waals surface area contributed by atoms with Crippen LogP contribution in [0, 0.1) is 0 Å². The number of rotatable bonds is 3. The normalized spacial score (nSPS) is 19.8. The van der Waals surface area contributed by atoms with Gasteiger partial charge in [-0.2, -0.15) is 4.31 Å². The van der Waals surface area contributed by atoms with Crippen molar-refractivity contribution in [2.75, 3.05) is 20.1 Å². The highest BCUT2D eigenvalue weighted by atomic mass is 35.5. The highest BCUT2D eigenvalue weighted by Crippen LogP contribution is 2.27. The van der Waals surface area contributed by atoms with Gasteiger partial charge in [-0.15, -0.1) is 12.4 Å². The van der Waals surface area contributed by atoms with Crippen molar-refractivity contribution in [3.05, 3.63) is 36.7 Å². The Kier molecular flexibility index (Phi) is 5.39. The molecule has 0 amide bonds. The molecule has 1 unspecified atom stereocenters. The van der Waals surface area contributed by atoms with E-state index in [1.54, 1.807) is 34.9 Å². The van der Waals surface area contributed by atoms with E-state index in [9.17, 15) is 8.42 Å². The summed E-state index contributed by atoms with van der Waals surface area (Å²) < 4.78 is 27.5. The molecule has 5 nitrogen and oxygen atoms in total. The number of hydrogen-bond donors (Lipinski definition) is 1. The summed E-state index contributed by atoms with van der Waals surface area (Å²) in [4.78, 5) is 4.43. The first-order chi connectivity index (χ1) is 10.1. The molecule has 0 aliphatic carbocycles. The molecule has 0 spiro atoms. The molecular formula is C15H20ClN3O2S. The highest BCUT2D eigenvalue weighted by molar-refractivity contribution is 7.89. The third kappa shape index (κ3) is 3.10. The van der Waals surface area contributed by atoms with Gasteiger partial charge in [0.15, 0.2) is 0 Å². The Bertz CT molecular complexity index is 746. The monoisotopic (exact) mass is 341 g/mol. The van der Waals surface area contributed by atoms with Crippen molar-refractivity contribution in [3.63, 3.8) is 0 Å². The first-order valence-electron chi connectivity index (χ1n) is 7.13. The van der Waals surface area contributed by atoms with E-state index in [1.807, 2.05) is 13.1 Å². The van der Waals surface area contributed by atoms with Gasteiger partial charge in [-0.05, 0) is 32.0 Å². The lowest BCUT2D eigenvalue weighted by molar-refractivity contribution is 0.293. The van der Waals surface area contributed by atoms with Crippen LogP contribution in [0.2, 0.25) is 0 Å². The maximum Gasteiger partial charge on any atom is 0.243 e. The van der Waals surface area contributed by atoms with Crippen LogP contribution in [-0.2, 0) is 10.0 Å². The molecule has 22 heavy (non-hydrogen) atoms. The molecule has 1 aromatic carbocycles. The Hall–Kier alpha value is -1.21. The first-order valence-corrected chi connectivity index (χ1v) is 8.57. The zero-order valence-corrected chi connectivity index (χ0v) is 14.0. The summed E-state index contributed by atoms with van der Waals surface area (Å²) in [6.45, 7) is 1.11. The smallest absolute Gasteiger partial charge is 0.243 e. The number of aromatic nitrogens is 1. The van der Waals surface area contributed by atoms with Crippen molar-refractivity contribution in [2.45, 2.75) is 23.8 Å². The largest absolute Gasteiger partial charge is 0.316 e. The fourth-order valence-corrected chi connectivity index (χ4v) is 4.59. The van der Waals surface area contributed by atoms with Gasteiger partial charge in [-0.3, -0.25) is 4.98 Å². The highest BCUT2D eigenvalue weighted by Gasteiger charge is 2.30. The molecule has 2 heterocycles. The number of fused-ring (bicyclic) bond motifs is 1. The Morgan fingerprint density at radius 2 is 2.14 bits per heavy atom. The molecule has 1 aromatic heterocycles. The number of benzene rings is 1. The summed E-state index contributed by atoms with van der Waals surface area (Å²) in [5.74, 6) is 0. The van der Waals surface area contributed by atoms with Gasteiger partial charge in [0.05, 0.1) is 4.90 Å². The predicted molar refractivity (Wildman–Crippen MR) is 89.8 cm³/mol. The lowest BCUT2D eigenvalue weighted by Gasteiger charge is -2.31. The van der Waals surface area contributed by atoms with Crippen LogP contribution in [-0.4, -0.2) is 43.9 Å². The van der Waals surface area contributed by atoms with E-state index in [4.69, 9.17) is 0 Å². The van der Waals surface area contributed by atoms with E-state index < -0.39 is 10.0 Å². The van der Waals surface area contributed by atoms with Gasteiger partial charge in [0, 0.05) is 42.3 Å². The van der Waals surface area contributed by atoms with Gasteiger partial charge in [0.2, 0.25) is 10.0 Å². The van der Waals surface area contributed by atoms with Crippen LogP contribution < -0.4 is 5.32 Å². The number of likely N-dealkylation sites (N-methyl/N-ethyl adjacent to an activating group) is 1. The Labute approximate surface area is 137 Å². The first kappa shape index (κ1) is 17.1. The van der Waals surface area contributed by atoms with E-state index in [0.29, 0.717) is 18.0 Å². The number of sulfonamides is 1. The van der Waals surface area contributed by atoms with Crippen molar-refractivity contribution in [1.82, 2.24) is 14.6 Å². The molecule has 1 fully saturated rings. The minimum absolute atomic E-state index is 0. The number of hydrogen-bond acceptors (Lipinski definition) is 4. The zero-order valence-electron chi connectivity index (χ0n) is 12.4. The number of pyridine rings is 1. The minimum Gasteiger partial charge on any atom is -0.316 e. The summed E-state index contributed by atoms with van der Waals surface area (Å²) in [7, 11) is -1.59. The van der Waals surface area contributed by atoms with Gasteiger partial charge in [-0.25, -0.2) is 8.42 Å². The summed E-state index contributed by atoms with van der Waals surface area (Å²) in [6.07, 6.45) is 5.23. The van der Waals surface area contributed by atoms with Crippen molar-refractivity contribution in [3.8, 4) is 0 Å². The lowest BCUT2D eigenvalue weighted by atomic mass is 10.1. The molecule has 1 saturated heterocycles. The van der Waals surface area contributed by atoms with E-state index in [-0.39, 0.29) is 18.4 Å². The van der Waals surface area contributed by atoms with E-state index >= 15 is 0 Å². The van der Waals surface area contributed by atoms with Crippen molar-refractivity contribution in [2.24, 2.45) is 0 Å². The van der Waals surface area contributed by atoms with Crippen LogP contribution >= 0.6 is 12.4 Å². The summed E-state index contributed by atoms with van der Waals surface area (Å²) in [6, 6.07) is 7.33. The topological polar surface area (TPSA) is 62.3 Å². The Balaban J connectivity index is 0.00000176. The molecule has 1 N–H and O–H groups in total. The molecule has 1 aliphatic heterocycles. The summed E-state index contributed by atoms with van der Waals surface area (Å²) >= 11 is 0. The lowest BCUT2D eigenvalue weighted by Crippen LogP contribution is -2.46. The average molecular weight is 342 g/mol. The van der Waals surface area contributed by atoms with E-state index in [2.05, 4.69) is 10.3 Å². The van der Waals surface area contributed by atoms with E-state index in [0.717, 1.165) is 23.6 Å². The fourth-order valence-electron chi connectivity index (χ4n) is 2.85. The fraction of sp³-hybridized carbons (Fsp3) is 0.400. The second kappa shape index (κ2) is 6.91. The molecule has 0 radical (unpaired) electrons. The maximum atomic E-state index is 12.9. The maximum absolute atomic E-state index is 12.9. The predicted octanol–water partition coefficient (Wildman–Crippen LogP) is 2.03. The number of halogens is 1. The molecule has 2 aromatic rings. The third-order valence-electron chi connectivity index (χ3n) is 4.05. The van der Waals surface area contributed by atoms with Gasteiger partial charge >= 0.3 is 0 Å². The number of nitrogens with one attached hydrogen (secondary N) is 1. The summed E-state index contributed by atoms with van der Waals surface area (Å²) in [5, 5.41) is 4.76. The molecule has 1 aliphatic rings. The number of piperidine rings is 1. The van der Waals surface area contributed by atoms with Gasteiger partial charge in [0.1, 0.15) is 0 Å². The second-order valence-corrected chi connectivity index (χ2v) is 7.25. The van der Waals surface area contributed by atoms with Crippen LogP contribution in [0.5, 0.6) is 0 Å². The number of nitrogens with zero attached hydrogens (tertiary/aromatic N) is 2. The van der Waals surface area contributed by atoms with Crippen LogP contribution in [0.1, 0.15) is 12.8 Å². The Morgan fingerprint density at radius 3 is 2.91 bits per heavy atom. The SMILES string of the molecule is CNC1CCCN(S(=O)(=O)c2cccc3cnccc23)C1.Cl. The zero-order chi connectivity index (χ0) is 14.9. The molecule has 7 heteroatoms. The molecule has 0 saturated carbocycles. The standard InChI is InChI=1S/C15H19N3O2S.ClH/c1-16-13-5-3-9-18(11-13)21(19,20)15-6-2-4-12-10-17-8-7-14(12)15;/h2,4,6-8,10,13,16H,3,5,9,11H2,1H3;1H. The average Bonchev–Trinajstić information content (AvgIpc) is 2.54. The van der Waals surface area contributed by atoms with Gasteiger partial charge in [-0.1, -0.05) is 12.1 Å². The summed E-state index contributed by atoms with van der Waals surface area (Å²) in [5.41, 5.74) is 0.